The number of carbonyl (C=O) groups excluding carboxylic acids is 2. The number of hydrogen-bond acceptors (Lipinski definition) is 3. The lowest BCUT2D eigenvalue weighted by molar-refractivity contribution is -0.138. The van der Waals surface area contributed by atoms with Crippen LogP contribution in [0.1, 0.15) is 34.7 Å². The second-order valence-electron chi connectivity index (χ2n) is 8.33. The Labute approximate surface area is 200 Å². The minimum Gasteiger partial charge on any atom is -0.362 e. The number of rotatable bonds is 7. The molecular formula is C28H27ClN2O2. The Hall–Kier alpha value is -3.37. The van der Waals surface area contributed by atoms with Crippen molar-refractivity contribution in [1.29, 1.82) is 0 Å². The molecule has 3 aromatic rings. The highest BCUT2D eigenvalue weighted by molar-refractivity contribution is 6.36. The fourth-order valence-corrected chi connectivity index (χ4v) is 4.48. The van der Waals surface area contributed by atoms with E-state index in [9.17, 15) is 9.59 Å². The first-order valence-corrected chi connectivity index (χ1v) is 11.5. The van der Waals surface area contributed by atoms with Crippen LogP contribution in [0.5, 0.6) is 0 Å². The molecule has 0 aliphatic carbocycles. The van der Waals surface area contributed by atoms with Gasteiger partial charge in [0.05, 0.1) is 12.1 Å². The van der Waals surface area contributed by atoms with Gasteiger partial charge >= 0.3 is 0 Å². The molecule has 33 heavy (non-hydrogen) atoms. The Balaban J connectivity index is 1.81. The van der Waals surface area contributed by atoms with E-state index in [4.69, 9.17) is 11.6 Å². The molecule has 4 nitrogen and oxygen atoms in total. The van der Waals surface area contributed by atoms with E-state index < -0.39 is 0 Å². The number of benzene rings is 3. The lowest BCUT2D eigenvalue weighted by Crippen LogP contribution is -2.34. The van der Waals surface area contributed by atoms with Crippen molar-refractivity contribution in [3.8, 4) is 0 Å². The fourth-order valence-electron chi connectivity index (χ4n) is 4.29. The number of imide groups is 1. The van der Waals surface area contributed by atoms with Crippen molar-refractivity contribution in [3.63, 3.8) is 0 Å². The lowest BCUT2D eigenvalue weighted by Gasteiger charge is -2.25. The van der Waals surface area contributed by atoms with Crippen LogP contribution >= 0.6 is 11.6 Å². The van der Waals surface area contributed by atoms with Crippen molar-refractivity contribution in [3.05, 3.63) is 111 Å². The number of nitrogens with zero attached hydrogens (tertiary/aromatic N) is 2. The quantitative estimate of drug-likeness (QED) is 0.423. The molecule has 5 heteroatoms. The third-order valence-electron chi connectivity index (χ3n) is 6.00. The van der Waals surface area contributed by atoms with Crippen molar-refractivity contribution in [1.82, 2.24) is 9.80 Å². The van der Waals surface area contributed by atoms with Crippen molar-refractivity contribution >= 4 is 29.0 Å². The average molecular weight is 459 g/mol. The molecule has 0 bridgehead atoms. The zero-order valence-electron chi connectivity index (χ0n) is 19.1. The summed E-state index contributed by atoms with van der Waals surface area (Å²) in [5.41, 5.74) is 5.61. The van der Waals surface area contributed by atoms with Gasteiger partial charge in [-0.25, -0.2) is 0 Å². The predicted octanol–water partition coefficient (Wildman–Crippen LogP) is 5.76. The van der Waals surface area contributed by atoms with Gasteiger partial charge in [-0.2, -0.15) is 0 Å². The lowest BCUT2D eigenvalue weighted by atomic mass is 9.97. The Kier molecular flexibility index (Phi) is 6.66. The maximum atomic E-state index is 13.7. The Morgan fingerprint density at radius 3 is 2.24 bits per heavy atom. The molecule has 0 spiro atoms. The molecule has 4 rings (SSSR count). The Bertz CT molecular complexity index is 1230. The molecule has 0 radical (unpaired) electrons. The van der Waals surface area contributed by atoms with Crippen LogP contribution in [0.15, 0.2) is 78.5 Å². The summed E-state index contributed by atoms with van der Waals surface area (Å²) < 4.78 is 0. The van der Waals surface area contributed by atoms with Gasteiger partial charge < -0.3 is 4.90 Å². The van der Waals surface area contributed by atoms with E-state index in [0.717, 1.165) is 27.8 Å². The predicted molar refractivity (Wildman–Crippen MR) is 132 cm³/mol. The second kappa shape index (κ2) is 9.63. The van der Waals surface area contributed by atoms with Gasteiger partial charge in [-0.1, -0.05) is 83.9 Å². The van der Waals surface area contributed by atoms with E-state index >= 15 is 0 Å². The van der Waals surface area contributed by atoms with Gasteiger partial charge in [0.2, 0.25) is 0 Å². The first kappa shape index (κ1) is 22.8. The summed E-state index contributed by atoms with van der Waals surface area (Å²) >= 11 is 6.35. The van der Waals surface area contributed by atoms with Gasteiger partial charge in [0.25, 0.3) is 11.8 Å². The zero-order valence-corrected chi connectivity index (χ0v) is 19.9. The standard InChI is InChI=1S/C28H27ClN2O2/c1-4-30(17-21-10-6-5-7-11-21)26-25(23-15-14-19(2)16-20(23)3)27(32)31(28(26)33)18-22-12-8-9-13-24(22)29/h5-16H,4,17-18H2,1-3H3. The van der Waals surface area contributed by atoms with Crippen LogP contribution in [0.25, 0.3) is 5.57 Å². The molecule has 2 amide bonds. The molecule has 0 fully saturated rings. The monoisotopic (exact) mass is 458 g/mol. The van der Waals surface area contributed by atoms with Crippen LogP contribution in [0.4, 0.5) is 0 Å². The molecular weight excluding hydrogens is 432 g/mol. The third kappa shape index (κ3) is 4.57. The van der Waals surface area contributed by atoms with Crippen molar-refractivity contribution in [2.45, 2.75) is 33.9 Å². The molecule has 0 unspecified atom stereocenters. The summed E-state index contributed by atoms with van der Waals surface area (Å²) in [7, 11) is 0. The SMILES string of the molecule is CCN(Cc1ccccc1)C1=C(c2ccc(C)cc2C)C(=O)N(Cc2ccccc2Cl)C1=O. The average Bonchev–Trinajstić information content (AvgIpc) is 3.04. The number of hydrogen-bond donors (Lipinski definition) is 0. The first-order valence-electron chi connectivity index (χ1n) is 11.1. The molecule has 1 aliphatic rings. The third-order valence-corrected chi connectivity index (χ3v) is 6.36. The fraction of sp³-hybridized carbons (Fsp3) is 0.214. The maximum absolute atomic E-state index is 13.7. The van der Waals surface area contributed by atoms with Crippen molar-refractivity contribution in [2.75, 3.05) is 6.54 Å². The van der Waals surface area contributed by atoms with Gasteiger partial charge in [0, 0.05) is 18.1 Å². The molecule has 0 N–H and O–H groups in total. The van der Waals surface area contributed by atoms with Gasteiger partial charge in [0.1, 0.15) is 5.70 Å². The Morgan fingerprint density at radius 2 is 1.58 bits per heavy atom. The van der Waals surface area contributed by atoms with E-state index in [1.54, 1.807) is 6.07 Å². The topological polar surface area (TPSA) is 40.6 Å². The van der Waals surface area contributed by atoms with E-state index in [1.807, 2.05) is 92.4 Å². The van der Waals surface area contributed by atoms with Crippen LogP contribution in [-0.2, 0) is 22.7 Å². The van der Waals surface area contributed by atoms with Crippen LogP contribution in [0, 0.1) is 13.8 Å². The Morgan fingerprint density at radius 1 is 0.879 bits per heavy atom. The summed E-state index contributed by atoms with van der Waals surface area (Å²) in [5.74, 6) is -0.568. The van der Waals surface area contributed by atoms with Crippen LogP contribution in [-0.4, -0.2) is 28.2 Å². The number of likely N-dealkylation sites (N-methyl/N-ethyl adjacent to an activating group) is 1. The zero-order chi connectivity index (χ0) is 23.5. The highest BCUT2D eigenvalue weighted by Crippen LogP contribution is 2.35. The van der Waals surface area contributed by atoms with Crippen LogP contribution in [0.3, 0.4) is 0 Å². The second-order valence-corrected chi connectivity index (χ2v) is 8.74. The highest BCUT2D eigenvalue weighted by atomic mass is 35.5. The molecule has 168 valence electrons. The van der Waals surface area contributed by atoms with E-state index in [1.165, 1.54) is 4.90 Å². The smallest absolute Gasteiger partial charge is 0.278 e. The summed E-state index contributed by atoms with van der Waals surface area (Å²) in [6, 6.07) is 23.3. The minimum absolute atomic E-state index is 0.137. The molecule has 1 heterocycles. The number of aryl methyl sites for hydroxylation is 2. The minimum atomic E-state index is -0.285. The molecule has 0 atom stereocenters. The van der Waals surface area contributed by atoms with Crippen LogP contribution < -0.4 is 0 Å². The van der Waals surface area contributed by atoms with E-state index in [-0.39, 0.29) is 18.4 Å². The number of halogens is 1. The number of amides is 2. The van der Waals surface area contributed by atoms with Gasteiger partial charge in [0.15, 0.2) is 0 Å². The molecule has 0 saturated carbocycles. The van der Waals surface area contributed by atoms with Crippen molar-refractivity contribution < 1.29 is 9.59 Å². The molecule has 3 aromatic carbocycles. The first-order chi connectivity index (χ1) is 15.9. The summed E-state index contributed by atoms with van der Waals surface area (Å²) in [6.45, 7) is 7.28. The van der Waals surface area contributed by atoms with E-state index in [0.29, 0.717) is 29.4 Å². The molecule has 0 saturated heterocycles. The molecule has 1 aliphatic heterocycles. The largest absolute Gasteiger partial charge is 0.362 e. The van der Waals surface area contributed by atoms with Gasteiger partial charge in [-0.3, -0.25) is 14.5 Å². The summed E-state index contributed by atoms with van der Waals surface area (Å²) in [5, 5.41) is 0.538. The highest BCUT2D eigenvalue weighted by Gasteiger charge is 2.41. The van der Waals surface area contributed by atoms with Gasteiger partial charge in [-0.05, 0) is 49.1 Å². The van der Waals surface area contributed by atoms with Crippen LogP contribution in [0.2, 0.25) is 5.02 Å². The number of carbonyl (C=O) groups is 2. The normalized spacial score (nSPS) is 13.8. The van der Waals surface area contributed by atoms with E-state index in [2.05, 4.69) is 0 Å². The molecule has 0 aromatic heterocycles. The van der Waals surface area contributed by atoms with Gasteiger partial charge in [-0.15, -0.1) is 0 Å². The maximum Gasteiger partial charge on any atom is 0.278 e. The van der Waals surface area contributed by atoms with Crippen molar-refractivity contribution in [2.24, 2.45) is 0 Å². The summed E-state index contributed by atoms with van der Waals surface area (Å²) in [4.78, 5) is 30.8. The summed E-state index contributed by atoms with van der Waals surface area (Å²) in [6.07, 6.45) is 0.